The van der Waals surface area contributed by atoms with Crippen LogP contribution in [0.15, 0.2) is 18.2 Å². The van der Waals surface area contributed by atoms with E-state index in [4.69, 9.17) is 23.2 Å². The minimum absolute atomic E-state index is 0.0760. The molecule has 2 aliphatic carbocycles. The summed E-state index contributed by atoms with van der Waals surface area (Å²) in [5.41, 5.74) is -0.110. The van der Waals surface area contributed by atoms with E-state index in [1.54, 1.807) is 6.07 Å². The molecule has 4 nitrogen and oxygen atoms in total. The topological polar surface area (TPSA) is 66.4 Å². The highest BCUT2D eigenvalue weighted by molar-refractivity contribution is 6.34. The van der Waals surface area contributed by atoms with Crippen molar-refractivity contribution in [3.05, 3.63) is 33.8 Å². The largest absolute Gasteiger partial charge is 0.480 e. The number of rotatable bonds is 4. The summed E-state index contributed by atoms with van der Waals surface area (Å²) in [6.45, 7) is 0. The van der Waals surface area contributed by atoms with Crippen molar-refractivity contribution in [2.24, 2.45) is 5.92 Å². The second-order valence-electron chi connectivity index (χ2n) is 5.88. The minimum atomic E-state index is -1.05. The molecule has 2 fully saturated rings. The number of carbonyl (C=O) groups excluding carboxylic acids is 1. The molecule has 2 aliphatic rings. The van der Waals surface area contributed by atoms with E-state index in [1.165, 1.54) is 0 Å². The Morgan fingerprint density at radius 1 is 1.19 bits per heavy atom. The molecule has 0 bridgehead atoms. The summed E-state index contributed by atoms with van der Waals surface area (Å²) in [7, 11) is 0. The Bertz CT molecular complexity index is 593. The standard InChI is InChI=1S/C15H15Cl2NO3/c16-9-4-8(5-10(17)6-9)11-7-12(11)13(19)18-15(14(20)21)2-1-3-15/h4-6,11-12H,1-3,7H2,(H,18,19)(H,20,21)/t11-,12-/m0/s1. The van der Waals surface area contributed by atoms with Gasteiger partial charge >= 0.3 is 5.97 Å². The van der Waals surface area contributed by atoms with Gasteiger partial charge in [-0.3, -0.25) is 4.79 Å². The molecule has 0 spiro atoms. The van der Waals surface area contributed by atoms with Crippen LogP contribution in [0.1, 0.15) is 37.2 Å². The first-order valence-electron chi connectivity index (χ1n) is 6.93. The number of halogens is 2. The van der Waals surface area contributed by atoms with Gasteiger partial charge in [0.2, 0.25) is 5.91 Å². The summed E-state index contributed by atoms with van der Waals surface area (Å²) in [5, 5.41) is 13.0. The summed E-state index contributed by atoms with van der Waals surface area (Å²) in [5.74, 6) is -1.23. The maximum atomic E-state index is 12.2. The van der Waals surface area contributed by atoms with Crippen molar-refractivity contribution in [3.8, 4) is 0 Å². The van der Waals surface area contributed by atoms with Gasteiger partial charge in [0, 0.05) is 16.0 Å². The van der Waals surface area contributed by atoms with Crippen LogP contribution in [0.4, 0.5) is 0 Å². The predicted molar refractivity (Wildman–Crippen MR) is 79.7 cm³/mol. The summed E-state index contributed by atoms with van der Waals surface area (Å²) < 4.78 is 0. The number of amides is 1. The van der Waals surface area contributed by atoms with Gasteiger partial charge in [-0.05, 0) is 55.4 Å². The Hall–Kier alpha value is -1.26. The van der Waals surface area contributed by atoms with E-state index in [-0.39, 0.29) is 17.7 Å². The molecule has 0 heterocycles. The van der Waals surface area contributed by atoms with Gasteiger partial charge in [0.1, 0.15) is 5.54 Å². The number of hydrogen-bond acceptors (Lipinski definition) is 2. The van der Waals surface area contributed by atoms with E-state index < -0.39 is 11.5 Å². The number of carbonyl (C=O) groups is 2. The zero-order valence-corrected chi connectivity index (χ0v) is 12.7. The Balaban J connectivity index is 1.67. The van der Waals surface area contributed by atoms with Crippen LogP contribution in [0.5, 0.6) is 0 Å². The molecule has 0 aromatic heterocycles. The first-order valence-corrected chi connectivity index (χ1v) is 7.68. The first-order chi connectivity index (χ1) is 9.91. The van der Waals surface area contributed by atoms with Crippen molar-refractivity contribution in [1.29, 1.82) is 0 Å². The third kappa shape index (κ3) is 2.74. The van der Waals surface area contributed by atoms with Crippen molar-refractivity contribution in [1.82, 2.24) is 5.32 Å². The first kappa shape index (κ1) is 14.7. The minimum Gasteiger partial charge on any atom is -0.480 e. The number of hydrogen-bond donors (Lipinski definition) is 2. The number of benzene rings is 1. The predicted octanol–water partition coefficient (Wildman–Crippen LogP) is 3.22. The molecular formula is C15H15Cl2NO3. The van der Waals surface area contributed by atoms with E-state index in [0.29, 0.717) is 29.3 Å². The number of aliphatic carboxylic acids is 1. The van der Waals surface area contributed by atoms with E-state index in [1.807, 2.05) is 12.1 Å². The molecule has 0 radical (unpaired) electrons. The van der Waals surface area contributed by atoms with Gasteiger partial charge in [-0.2, -0.15) is 0 Å². The molecule has 112 valence electrons. The van der Waals surface area contributed by atoms with E-state index in [0.717, 1.165) is 12.0 Å². The van der Waals surface area contributed by atoms with Crippen LogP contribution < -0.4 is 5.32 Å². The Morgan fingerprint density at radius 3 is 2.29 bits per heavy atom. The zero-order chi connectivity index (χ0) is 15.2. The van der Waals surface area contributed by atoms with E-state index >= 15 is 0 Å². The lowest BCUT2D eigenvalue weighted by atomic mass is 9.76. The summed E-state index contributed by atoms with van der Waals surface area (Å²) >= 11 is 11.9. The molecule has 2 atom stereocenters. The quantitative estimate of drug-likeness (QED) is 0.892. The third-order valence-electron chi connectivity index (χ3n) is 4.42. The zero-order valence-electron chi connectivity index (χ0n) is 11.2. The highest BCUT2D eigenvalue weighted by Crippen LogP contribution is 2.49. The fourth-order valence-electron chi connectivity index (χ4n) is 2.89. The molecule has 2 saturated carbocycles. The summed E-state index contributed by atoms with van der Waals surface area (Å²) in [6, 6.07) is 5.27. The highest BCUT2D eigenvalue weighted by Gasteiger charge is 2.51. The number of carboxylic acid groups (broad SMARTS) is 1. The van der Waals surface area contributed by atoms with E-state index in [2.05, 4.69) is 5.32 Å². The molecule has 1 aromatic rings. The fraction of sp³-hybridized carbons (Fsp3) is 0.467. The molecule has 0 unspecified atom stereocenters. The fourth-order valence-corrected chi connectivity index (χ4v) is 3.44. The Morgan fingerprint density at radius 2 is 1.81 bits per heavy atom. The van der Waals surface area contributed by atoms with Gasteiger partial charge in [-0.15, -0.1) is 0 Å². The van der Waals surface area contributed by atoms with E-state index in [9.17, 15) is 14.7 Å². The molecule has 21 heavy (non-hydrogen) atoms. The van der Waals surface area contributed by atoms with Crippen LogP contribution in [0, 0.1) is 5.92 Å². The van der Waals surface area contributed by atoms with Gasteiger partial charge in [-0.25, -0.2) is 4.79 Å². The van der Waals surface area contributed by atoms with Gasteiger partial charge in [0.05, 0.1) is 0 Å². The third-order valence-corrected chi connectivity index (χ3v) is 4.86. The number of carboxylic acids is 1. The maximum Gasteiger partial charge on any atom is 0.329 e. The molecule has 1 amide bonds. The lowest BCUT2D eigenvalue weighted by molar-refractivity contribution is -0.152. The van der Waals surface area contributed by atoms with Crippen LogP contribution in [0.3, 0.4) is 0 Å². The molecule has 0 aliphatic heterocycles. The van der Waals surface area contributed by atoms with Crippen molar-refractivity contribution >= 4 is 35.1 Å². The second kappa shape index (κ2) is 5.18. The van der Waals surface area contributed by atoms with Crippen LogP contribution >= 0.6 is 23.2 Å². The van der Waals surface area contributed by atoms with Crippen LogP contribution in [-0.2, 0) is 9.59 Å². The summed E-state index contributed by atoms with van der Waals surface area (Å²) in [6.07, 6.45) is 2.56. The van der Waals surface area contributed by atoms with Crippen molar-refractivity contribution in [2.45, 2.75) is 37.1 Å². The molecule has 3 rings (SSSR count). The SMILES string of the molecule is O=C(NC1(C(=O)O)CCC1)[C@H]1C[C@H]1c1cc(Cl)cc(Cl)c1. The number of nitrogens with one attached hydrogen (secondary N) is 1. The lowest BCUT2D eigenvalue weighted by Crippen LogP contribution is -2.59. The average molecular weight is 328 g/mol. The highest BCUT2D eigenvalue weighted by atomic mass is 35.5. The van der Waals surface area contributed by atoms with Crippen LogP contribution in [0.25, 0.3) is 0 Å². The molecular weight excluding hydrogens is 313 g/mol. The molecule has 0 saturated heterocycles. The molecule has 6 heteroatoms. The Kier molecular flexibility index (Phi) is 3.62. The normalized spacial score (nSPS) is 25.8. The van der Waals surface area contributed by atoms with Crippen molar-refractivity contribution in [2.75, 3.05) is 0 Å². The van der Waals surface area contributed by atoms with Gasteiger partial charge in [-0.1, -0.05) is 23.2 Å². The average Bonchev–Trinajstić information content (AvgIpc) is 3.12. The molecule has 2 N–H and O–H groups in total. The monoisotopic (exact) mass is 327 g/mol. The maximum absolute atomic E-state index is 12.2. The van der Waals surface area contributed by atoms with Crippen LogP contribution in [-0.4, -0.2) is 22.5 Å². The van der Waals surface area contributed by atoms with Gasteiger partial charge < -0.3 is 10.4 Å². The van der Waals surface area contributed by atoms with Crippen LogP contribution in [0.2, 0.25) is 10.0 Å². The summed E-state index contributed by atoms with van der Waals surface area (Å²) in [4.78, 5) is 23.5. The lowest BCUT2D eigenvalue weighted by Gasteiger charge is -2.38. The Labute approximate surface area is 132 Å². The molecule has 1 aromatic carbocycles. The second-order valence-corrected chi connectivity index (χ2v) is 6.75. The van der Waals surface area contributed by atoms with Gasteiger partial charge in [0.15, 0.2) is 0 Å². The van der Waals surface area contributed by atoms with Gasteiger partial charge in [0.25, 0.3) is 0 Å². The van der Waals surface area contributed by atoms with Crippen molar-refractivity contribution in [3.63, 3.8) is 0 Å². The van der Waals surface area contributed by atoms with Crippen molar-refractivity contribution < 1.29 is 14.7 Å². The smallest absolute Gasteiger partial charge is 0.329 e.